The van der Waals surface area contributed by atoms with Crippen LogP contribution < -0.4 is 19.5 Å². The second kappa shape index (κ2) is 7.68. The fraction of sp³-hybridized carbons (Fsp3) is 0.381. The van der Waals surface area contributed by atoms with Crippen molar-refractivity contribution in [3.05, 3.63) is 53.1 Å². The number of ether oxygens (including phenoxy) is 3. The molecule has 2 aromatic rings. The third-order valence-corrected chi connectivity index (χ3v) is 4.44. The summed E-state index contributed by atoms with van der Waals surface area (Å²) in [5.41, 5.74) is 3.07. The zero-order valence-electron chi connectivity index (χ0n) is 15.7. The van der Waals surface area contributed by atoms with Gasteiger partial charge in [-0.15, -0.1) is 0 Å². The standard InChI is InChI=1S/C21H25NO4/c1-13-5-6-14(2)19(11-13)26-16(4)21(23)22-15(3)17-7-8-18-20(12-17)25-10-9-24-18/h5-8,11-12,15-16H,9-10H2,1-4H3,(H,22,23)/t15-,16-/m1/s1. The molecule has 2 atom stereocenters. The largest absolute Gasteiger partial charge is 0.486 e. The van der Waals surface area contributed by atoms with Crippen LogP contribution in [0.25, 0.3) is 0 Å². The van der Waals surface area contributed by atoms with Crippen molar-refractivity contribution in [3.63, 3.8) is 0 Å². The quantitative estimate of drug-likeness (QED) is 0.888. The Kier molecular flexibility index (Phi) is 5.35. The lowest BCUT2D eigenvalue weighted by atomic mass is 10.1. The average Bonchev–Trinajstić information content (AvgIpc) is 2.64. The molecule has 0 radical (unpaired) electrons. The van der Waals surface area contributed by atoms with Gasteiger partial charge in [0.25, 0.3) is 5.91 Å². The predicted octanol–water partition coefficient (Wildman–Crippen LogP) is 3.72. The lowest BCUT2D eigenvalue weighted by Gasteiger charge is -2.22. The van der Waals surface area contributed by atoms with Gasteiger partial charge in [0, 0.05) is 0 Å². The van der Waals surface area contributed by atoms with Crippen LogP contribution in [0.4, 0.5) is 0 Å². The van der Waals surface area contributed by atoms with Gasteiger partial charge in [-0.1, -0.05) is 18.2 Å². The average molecular weight is 355 g/mol. The topological polar surface area (TPSA) is 56.8 Å². The monoisotopic (exact) mass is 355 g/mol. The molecule has 5 nitrogen and oxygen atoms in total. The number of aryl methyl sites for hydroxylation is 2. The van der Waals surface area contributed by atoms with Crippen molar-refractivity contribution in [2.75, 3.05) is 13.2 Å². The summed E-state index contributed by atoms with van der Waals surface area (Å²) in [6.07, 6.45) is -0.588. The van der Waals surface area contributed by atoms with E-state index in [0.29, 0.717) is 13.2 Å². The maximum Gasteiger partial charge on any atom is 0.261 e. The van der Waals surface area contributed by atoms with Crippen molar-refractivity contribution < 1.29 is 19.0 Å². The lowest BCUT2D eigenvalue weighted by molar-refractivity contribution is -0.127. The van der Waals surface area contributed by atoms with E-state index in [1.54, 1.807) is 6.92 Å². The highest BCUT2D eigenvalue weighted by Crippen LogP contribution is 2.32. The first-order chi connectivity index (χ1) is 12.4. The minimum atomic E-state index is -0.588. The zero-order valence-corrected chi connectivity index (χ0v) is 15.7. The van der Waals surface area contributed by atoms with Gasteiger partial charge in [0.15, 0.2) is 17.6 Å². The fourth-order valence-electron chi connectivity index (χ4n) is 2.82. The smallest absolute Gasteiger partial charge is 0.261 e. The molecule has 138 valence electrons. The van der Waals surface area contributed by atoms with Crippen LogP contribution in [0.3, 0.4) is 0 Å². The molecule has 1 heterocycles. The number of benzene rings is 2. The van der Waals surface area contributed by atoms with Crippen molar-refractivity contribution >= 4 is 5.91 Å². The van der Waals surface area contributed by atoms with Crippen molar-refractivity contribution in [3.8, 4) is 17.2 Å². The Bertz CT molecular complexity index is 803. The van der Waals surface area contributed by atoms with E-state index in [1.807, 2.05) is 57.2 Å². The van der Waals surface area contributed by atoms with Gasteiger partial charge >= 0.3 is 0 Å². The maximum atomic E-state index is 12.5. The van der Waals surface area contributed by atoms with E-state index in [4.69, 9.17) is 14.2 Å². The Morgan fingerprint density at radius 3 is 2.54 bits per heavy atom. The van der Waals surface area contributed by atoms with Crippen molar-refractivity contribution in [2.45, 2.75) is 39.8 Å². The van der Waals surface area contributed by atoms with E-state index in [-0.39, 0.29) is 11.9 Å². The summed E-state index contributed by atoms with van der Waals surface area (Å²) in [6, 6.07) is 11.5. The SMILES string of the molecule is Cc1ccc(C)c(O[C@H](C)C(=O)N[C@H](C)c2ccc3c(c2)OCCO3)c1. The van der Waals surface area contributed by atoms with Crippen LogP contribution in [-0.2, 0) is 4.79 Å². The summed E-state index contributed by atoms with van der Waals surface area (Å²) in [5, 5.41) is 3.00. The lowest BCUT2D eigenvalue weighted by Crippen LogP contribution is -2.37. The van der Waals surface area contributed by atoms with E-state index in [1.165, 1.54) is 0 Å². The van der Waals surface area contributed by atoms with Gasteiger partial charge in [0.1, 0.15) is 19.0 Å². The summed E-state index contributed by atoms with van der Waals surface area (Å²) in [5.74, 6) is 2.03. The fourth-order valence-corrected chi connectivity index (χ4v) is 2.82. The van der Waals surface area contributed by atoms with Gasteiger partial charge in [-0.2, -0.15) is 0 Å². The van der Waals surface area contributed by atoms with Crippen LogP contribution in [0.15, 0.2) is 36.4 Å². The maximum absolute atomic E-state index is 12.5. The minimum Gasteiger partial charge on any atom is -0.486 e. The molecule has 0 bridgehead atoms. The first kappa shape index (κ1) is 18.1. The van der Waals surface area contributed by atoms with Crippen LogP contribution in [0.2, 0.25) is 0 Å². The van der Waals surface area contributed by atoms with Crippen LogP contribution >= 0.6 is 0 Å². The van der Waals surface area contributed by atoms with E-state index < -0.39 is 6.10 Å². The molecule has 0 saturated heterocycles. The molecule has 0 aliphatic carbocycles. The number of nitrogens with one attached hydrogen (secondary N) is 1. The second-order valence-corrected chi connectivity index (χ2v) is 6.66. The van der Waals surface area contributed by atoms with Gasteiger partial charge in [-0.05, 0) is 62.6 Å². The molecule has 26 heavy (non-hydrogen) atoms. The molecular formula is C21H25NO4. The molecule has 1 N–H and O–H groups in total. The Labute approximate surface area is 154 Å². The second-order valence-electron chi connectivity index (χ2n) is 6.66. The van der Waals surface area contributed by atoms with Gasteiger partial charge in [-0.3, -0.25) is 4.79 Å². The molecule has 2 aromatic carbocycles. The Morgan fingerprint density at radius 2 is 1.77 bits per heavy atom. The van der Waals surface area contributed by atoms with Gasteiger partial charge < -0.3 is 19.5 Å². The number of hydrogen-bond acceptors (Lipinski definition) is 4. The van der Waals surface area contributed by atoms with Crippen molar-refractivity contribution in [1.82, 2.24) is 5.32 Å². The Hall–Kier alpha value is -2.69. The first-order valence-electron chi connectivity index (χ1n) is 8.88. The highest BCUT2D eigenvalue weighted by molar-refractivity contribution is 5.81. The van der Waals surface area contributed by atoms with Crippen LogP contribution in [0, 0.1) is 13.8 Å². The van der Waals surface area contributed by atoms with Crippen LogP contribution in [0.1, 0.15) is 36.6 Å². The van der Waals surface area contributed by atoms with Crippen LogP contribution in [-0.4, -0.2) is 25.2 Å². The summed E-state index contributed by atoms with van der Waals surface area (Å²) in [6.45, 7) is 8.77. The van der Waals surface area contributed by atoms with Gasteiger partial charge in [0.2, 0.25) is 0 Å². The number of hydrogen-bond donors (Lipinski definition) is 1. The molecule has 1 aliphatic rings. The normalized spacial score (nSPS) is 15.1. The molecule has 0 aromatic heterocycles. The molecule has 0 unspecified atom stereocenters. The number of rotatable bonds is 5. The van der Waals surface area contributed by atoms with Crippen molar-refractivity contribution in [2.24, 2.45) is 0 Å². The van der Waals surface area contributed by atoms with Gasteiger partial charge in [-0.25, -0.2) is 0 Å². The van der Waals surface area contributed by atoms with E-state index in [2.05, 4.69) is 5.32 Å². The minimum absolute atomic E-state index is 0.159. The molecular weight excluding hydrogens is 330 g/mol. The number of carbonyl (C=O) groups excluding carboxylic acids is 1. The van der Waals surface area contributed by atoms with E-state index in [0.717, 1.165) is 33.9 Å². The number of carbonyl (C=O) groups is 1. The zero-order chi connectivity index (χ0) is 18.7. The predicted molar refractivity (Wildman–Crippen MR) is 100.0 cm³/mol. The first-order valence-corrected chi connectivity index (χ1v) is 8.88. The molecule has 1 amide bonds. The third-order valence-electron chi connectivity index (χ3n) is 4.44. The summed E-state index contributed by atoms with van der Waals surface area (Å²) in [7, 11) is 0. The highest BCUT2D eigenvalue weighted by atomic mass is 16.6. The number of fused-ring (bicyclic) bond motifs is 1. The van der Waals surface area contributed by atoms with E-state index in [9.17, 15) is 4.79 Å². The Morgan fingerprint density at radius 1 is 1.04 bits per heavy atom. The Balaban J connectivity index is 1.64. The van der Waals surface area contributed by atoms with Gasteiger partial charge in [0.05, 0.1) is 6.04 Å². The van der Waals surface area contributed by atoms with Crippen LogP contribution in [0.5, 0.6) is 17.2 Å². The van der Waals surface area contributed by atoms with Crippen molar-refractivity contribution in [1.29, 1.82) is 0 Å². The molecule has 5 heteroatoms. The number of amides is 1. The molecule has 1 aliphatic heterocycles. The molecule has 0 fully saturated rings. The summed E-state index contributed by atoms with van der Waals surface area (Å²) >= 11 is 0. The molecule has 0 spiro atoms. The summed E-state index contributed by atoms with van der Waals surface area (Å²) in [4.78, 5) is 12.5. The summed E-state index contributed by atoms with van der Waals surface area (Å²) < 4.78 is 17.0. The van der Waals surface area contributed by atoms with E-state index >= 15 is 0 Å². The molecule has 0 saturated carbocycles. The molecule has 3 rings (SSSR count). The third kappa shape index (κ3) is 4.10. The highest BCUT2D eigenvalue weighted by Gasteiger charge is 2.20.